The third kappa shape index (κ3) is 4.22. The zero-order valence-electron chi connectivity index (χ0n) is 12.0. The van der Waals surface area contributed by atoms with E-state index in [4.69, 9.17) is 11.6 Å². The SMILES string of the molecule is CC(C)CC(NC(c1ccc(Cl)cc1)C1CC1)C(=O)O. The molecule has 0 spiro atoms. The number of hydrogen-bond acceptors (Lipinski definition) is 2. The predicted octanol–water partition coefficient (Wildman–Crippen LogP) is 3.88. The number of nitrogens with one attached hydrogen (secondary N) is 1. The van der Waals surface area contributed by atoms with E-state index in [0.717, 1.165) is 18.4 Å². The minimum absolute atomic E-state index is 0.118. The summed E-state index contributed by atoms with van der Waals surface area (Å²) in [6.07, 6.45) is 2.97. The van der Waals surface area contributed by atoms with Crippen molar-refractivity contribution >= 4 is 17.6 Å². The number of halogens is 1. The lowest BCUT2D eigenvalue weighted by atomic mass is 9.98. The van der Waals surface area contributed by atoms with Gasteiger partial charge in [0.25, 0.3) is 0 Å². The summed E-state index contributed by atoms with van der Waals surface area (Å²) in [6, 6.07) is 7.35. The molecule has 1 aliphatic rings. The minimum atomic E-state index is -0.765. The molecule has 1 aromatic rings. The molecule has 1 aliphatic carbocycles. The molecule has 1 saturated carbocycles. The van der Waals surface area contributed by atoms with Gasteiger partial charge in [-0.1, -0.05) is 37.6 Å². The topological polar surface area (TPSA) is 49.3 Å². The van der Waals surface area contributed by atoms with Crippen molar-refractivity contribution in [2.45, 2.75) is 45.2 Å². The highest BCUT2D eigenvalue weighted by molar-refractivity contribution is 6.30. The summed E-state index contributed by atoms with van der Waals surface area (Å²) in [5.74, 6) is 0.136. The molecule has 3 nitrogen and oxygen atoms in total. The molecule has 0 radical (unpaired) electrons. The molecule has 1 aromatic carbocycles. The molecular weight excluding hydrogens is 274 g/mol. The second-order valence-corrected chi connectivity index (χ2v) is 6.49. The van der Waals surface area contributed by atoms with Gasteiger partial charge in [0.15, 0.2) is 0 Å². The van der Waals surface area contributed by atoms with E-state index in [-0.39, 0.29) is 6.04 Å². The van der Waals surface area contributed by atoms with Crippen molar-refractivity contribution < 1.29 is 9.90 Å². The van der Waals surface area contributed by atoms with Gasteiger partial charge in [0.2, 0.25) is 0 Å². The second-order valence-electron chi connectivity index (χ2n) is 6.05. The van der Waals surface area contributed by atoms with Gasteiger partial charge in [-0.25, -0.2) is 0 Å². The Labute approximate surface area is 125 Å². The van der Waals surface area contributed by atoms with Gasteiger partial charge < -0.3 is 5.11 Å². The van der Waals surface area contributed by atoms with E-state index < -0.39 is 12.0 Å². The quantitative estimate of drug-likeness (QED) is 0.802. The van der Waals surface area contributed by atoms with Gasteiger partial charge >= 0.3 is 5.97 Å². The van der Waals surface area contributed by atoms with Crippen molar-refractivity contribution in [1.29, 1.82) is 0 Å². The Balaban J connectivity index is 2.12. The van der Waals surface area contributed by atoms with Crippen molar-refractivity contribution in [2.75, 3.05) is 0 Å². The molecule has 0 saturated heterocycles. The molecule has 2 unspecified atom stereocenters. The highest BCUT2D eigenvalue weighted by Gasteiger charge is 2.35. The van der Waals surface area contributed by atoms with Crippen LogP contribution in [0.4, 0.5) is 0 Å². The van der Waals surface area contributed by atoms with Gasteiger partial charge in [0.1, 0.15) is 6.04 Å². The van der Waals surface area contributed by atoms with E-state index >= 15 is 0 Å². The molecule has 0 bridgehead atoms. The van der Waals surface area contributed by atoms with E-state index in [1.54, 1.807) is 0 Å². The fourth-order valence-corrected chi connectivity index (χ4v) is 2.66. The first-order chi connectivity index (χ1) is 9.47. The molecule has 2 N–H and O–H groups in total. The highest BCUT2D eigenvalue weighted by Crippen LogP contribution is 2.41. The van der Waals surface area contributed by atoms with Crippen LogP contribution in [-0.2, 0) is 4.79 Å². The average Bonchev–Trinajstić information content (AvgIpc) is 3.19. The molecule has 2 atom stereocenters. The maximum Gasteiger partial charge on any atom is 0.320 e. The molecule has 1 fully saturated rings. The molecule has 4 heteroatoms. The standard InChI is InChI=1S/C16H22ClNO2/c1-10(2)9-14(16(19)20)18-15(11-3-4-11)12-5-7-13(17)8-6-12/h5-8,10-11,14-15,18H,3-4,9H2,1-2H3,(H,19,20). The Morgan fingerprint density at radius 2 is 1.95 bits per heavy atom. The van der Waals surface area contributed by atoms with Crippen LogP contribution in [0.25, 0.3) is 0 Å². The van der Waals surface area contributed by atoms with Crippen molar-refractivity contribution in [3.63, 3.8) is 0 Å². The highest BCUT2D eigenvalue weighted by atomic mass is 35.5. The van der Waals surface area contributed by atoms with Crippen molar-refractivity contribution in [1.82, 2.24) is 5.32 Å². The van der Waals surface area contributed by atoms with Gasteiger partial charge in [0.05, 0.1) is 0 Å². The summed E-state index contributed by atoms with van der Waals surface area (Å²) in [6.45, 7) is 4.10. The maximum atomic E-state index is 11.4. The molecule has 0 amide bonds. The van der Waals surface area contributed by atoms with Crippen molar-refractivity contribution in [3.05, 3.63) is 34.9 Å². The van der Waals surface area contributed by atoms with E-state index in [1.807, 2.05) is 38.1 Å². The summed E-state index contributed by atoms with van der Waals surface area (Å²) in [5, 5.41) is 13.4. The largest absolute Gasteiger partial charge is 0.480 e. The Hall–Kier alpha value is -1.06. The van der Waals surface area contributed by atoms with E-state index in [9.17, 15) is 9.90 Å². The number of carboxylic acid groups (broad SMARTS) is 1. The average molecular weight is 296 g/mol. The number of hydrogen-bond donors (Lipinski definition) is 2. The number of carbonyl (C=O) groups is 1. The van der Waals surface area contributed by atoms with Crippen LogP contribution in [0.5, 0.6) is 0 Å². The lowest BCUT2D eigenvalue weighted by Gasteiger charge is -2.25. The summed E-state index contributed by atoms with van der Waals surface area (Å²) in [5.41, 5.74) is 1.13. The fraction of sp³-hybridized carbons (Fsp3) is 0.562. The number of aliphatic carboxylic acids is 1. The first-order valence-electron chi connectivity index (χ1n) is 7.21. The number of carboxylic acids is 1. The van der Waals surface area contributed by atoms with Crippen molar-refractivity contribution in [2.24, 2.45) is 11.8 Å². The zero-order valence-corrected chi connectivity index (χ0v) is 12.7. The van der Waals surface area contributed by atoms with Crippen LogP contribution in [0, 0.1) is 11.8 Å². The molecular formula is C16H22ClNO2. The lowest BCUT2D eigenvalue weighted by molar-refractivity contribution is -0.140. The van der Waals surface area contributed by atoms with Crippen LogP contribution >= 0.6 is 11.6 Å². The summed E-state index contributed by atoms with van der Waals surface area (Å²) < 4.78 is 0. The fourth-order valence-electron chi connectivity index (χ4n) is 2.53. The van der Waals surface area contributed by atoms with Crippen LogP contribution < -0.4 is 5.32 Å². The van der Waals surface area contributed by atoms with Gasteiger partial charge in [-0.05, 0) is 48.8 Å². The third-order valence-electron chi connectivity index (χ3n) is 3.71. The number of benzene rings is 1. The summed E-state index contributed by atoms with van der Waals surface area (Å²) >= 11 is 5.92. The smallest absolute Gasteiger partial charge is 0.320 e. The molecule has 20 heavy (non-hydrogen) atoms. The third-order valence-corrected chi connectivity index (χ3v) is 3.96. The second kappa shape index (κ2) is 6.59. The Bertz CT molecular complexity index is 454. The molecule has 110 valence electrons. The van der Waals surface area contributed by atoms with Gasteiger partial charge in [-0.3, -0.25) is 10.1 Å². The van der Waals surface area contributed by atoms with Crippen LogP contribution in [0.1, 0.15) is 44.7 Å². The van der Waals surface area contributed by atoms with E-state index in [2.05, 4.69) is 5.32 Å². The number of rotatable bonds is 7. The van der Waals surface area contributed by atoms with Gasteiger partial charge in [-0.15, -0.1) is 0 Å². The Morgan fingerprint density at radius 3 is 2.40 bits per heavy atom. The first kappa shape index (κ1) is 15.3. The van der Waals surface area contributed by atoms with Gasteiger partial charge in [0, 0.05) is 11.1 Å². The van der Waals surface area contributed by atoms with Gasteiger partial charge in [-0.2, -0.15) is 0 Å². The predicted molar refractivity (Wildman–Crippen MR) is 80.9 cm³/mol. The minimum Gasteiger partial charge on any atom is -0.480 e. The zero-order chi connectivity index (χ0) is 14.7. The summed E-state index contributed by atoms with van der Waals surface area (Å²) in [4.78, 5) is 11.4. The van der Waals surface area contributed by atoms with Crippen molar-refractivity contribution in [3.8, 4) is 0 Å². The monoisotopic (exact) mass is 295 g/mol. The van der Waals surface area contributed by atoms with E-state index in [0.29, 0.717) is 23.3 Å². The maximum absolute atomic E-state index is 11.4. The Kier molecular flexibility index (Phi) is 5.06. The molecule has 0 aromatic heterocycles. The first-order valence-corrected chi connectivity index (χ1v) is 7.59. The molecule has 0 aliphatic heterocycles. The Morgan fingerprint density at radius 1 is 1.35 bits per heavy atom. The van der Waals surface area contributed by atoms with Crippen LogP contribution in [0.2, 0.25) is 5.02 Å². The van der Waals surface area contributed by atoms with Crippen LogP contribution in [0.15, 0.2) is 24.3 Å². The normalized spacial score (nSPS) is 18.0. The molecule has 0 heterocycles. The molecule has 2 rings (SSSR count). The van der Waals surface area contributed by atoms with E-state index in [1.165, 1.54) is 0 Å². The summed E-state index contributed by atoms with van der Waals surface area (Å²) in [7, 11) is 0. The van der Waals surface area contributed by atoms with Crippen LogP contribution in [0.3, 0.4) is 0 Å². The van der Waals surface area contributed by atoms with Crippen LogP contribution in [-0.4, -0.2) is 17.1 Å². The lowest BCUT2D eigenvalue weighted by Crippen LogP contribution is -2.40.